The molecule has 0 aliphatic heterocycles. The molecule has 0 radical (unpaired) electrons. The Hall–Kier alpha value is -1.48. The van der Waals surface area contributed by atoms with E-state index in [-0.39, 0.29) is 5.78 Å². The molecule has 0 amide bonds. The Morgan fingerprint density at radius 3 is 2.88 bits per heavy atom. The molecule has 0 spiro atoms. The van der Waals surface area contributed by atoms with E-state index >= 15 is 0 Å². The second kappa shape index (κ2) is 5.23. The molecule has 0 N–H and O–H groups in total. The second-order valence-corrected chi connectivity index (χ2v) is 5.15. The van der Waals surface area contributed by atoms with Gasteiger partial charge in [-0.3, -0.25) is 4.79 Å². The molecule has 0 bridgehead atoms. The zero-order valence-corrected chi connectivity index (χ0v) is 10.9. The van der Waals surface area contributed by atoms with E-state index in [1.54, 1.807) is 17.5 Å². The van der Waals surface area contributed by atoms with E-state index in [0.717, 1.165) is 28.1 Å². The maximum atomic E-state index is 12.1. The van der Waals surface area contributed by atoms with Crippen molar-refractivity contribution in [1.82, 2.24) is 4.98 Å². The molecule has 2 rings (SSSR count). The highest BCUT2D eigenvalue weighted by Gasteiger charge is 2.10. The van der Waals surface area contributed by atoms with Crippen LogP contribution in [0.2, 0.25) is 0 Å². The van der Waals surface area contributed by atoms with Crippen molar-refractivity contribution < 1.29 is 4.79 Å². The van der Waals surface area contributed by atoms with Crippen molar-refractivity contribution >= 4 is 17.1 Å². The van der Waals surface area contributed by atoms with E-state index in [1.165, 1.54) is 0 Å². The molecule has 0 fully saturated rings. The number of carbonyl (C=O) groups excluding carboxylic acids is 1. The maximum Gasteiger partial charge on any atom is 0.163 e. The van der Waals surface area contributed by atoms with E-state index in [4.69, 9.17) is 0 Å². The summed E-state index contributed by atoms with van der Waals surface area (Å²) in [6, 6.07) is 6.01. The number of hydrogen-bond acceptors (Lipinski definition) is 3. The molecule has 0 atom stereocenters. The van der Waals surface area contributed by atoms with E-state index < -0.39 is 0 Å². The minimum Gasteiger partial charge on any atom is -0.294 e. The predicted molar refractivity (Wildman–Crippen MR) is 70.7 cm³/mol. The molecule has 17 heavy (non-hydrogen) atoms. The molecule has 0 unspecified atom stereocenters. The Labute approximate surface area is 105 Å². The summed E-state index contributed by atoms with van der Waals surface area (Å²) in [6.07, 6.45) is 3.06. The standard InChI is InChI=1S/C14H15NOS/c1-10-3-4-11(2)12(9-10)13(16)5-6-14-15-7-8-17-14/h3-4,7-9H,5-6H2,1-2H3. The highest BCUT2D eigenvalue weighted by atomic mass is 32.1. The third-order valence-corrected chi connectivity index (χ3v) is 3.58. The fourth-order valence-corrected chi connectivity index (χ4v) is 2.39. The summed E-state index contributed by atoms with van der Waals surface area (Å²) in [4.78, 5) is 16.3. The molecule has 0 saturated heterocycles. The van der Waals surface area contributed by atoms with Crippen molar-refractivity contribution in [3.63, 3.8) is 0 Å². The van der Waals surface area contributed by atoms with Gasteiger partial charge in [0.25, 0.3) is 0 Å². The minimum atomic E-state index is 0.210. The first-order valence-corrected chi connectivity index (χ1v) is 6.53. The van der Waals surface area contributed by atoms with Crippen LogP contribution >= 0.6 is 11.3 Å². The number of ketones is 1. The van der Waals surface area contributed by atoms with Crippen LogP contribution in [0.4, 0.5) is 0 Å². The lowest BCUT2D eigenvalue weighted by Crippen LogP contribution is -2.03. The molecule has 0 aliphatic rings. The zero-order valence-electron chi connectivity index (χ0n) is 10.1. The quantitative estimate of drug-likeness (QED) is 0.771. The van der Waals surface area contributed by atoms with E-state index in [9.17, 15) is 4.79 Å². The van der Waals surface area contributed by atoms with Gasteiger partial charge in [0.05, 0.1) is 5.01 Å². The molecule has 1 aromatic heterocycles. The van der Waals surface area contributed by atoms with Gasteiger partial charge in [0.15, 0.2) is 5.78 Å². The van der Waals surface area contributed by atoms with E-state index in [1.807, 2.05) is 37.4 Å². The van der Waals surface area contributed by atoms with Gasteiger partial charge in [-0.05, 0) is 25.5 Å². The fraction of sp³-hybridized carbons (Fsp3) is 0.286. The number of thiazole rings is 1. The van der Waals surface area contributed by atoms with Crippen LogP contribution in [0.3, 0.4) is 0 Å². The van der Waals surface area contributed by atoms with Gasteiger partial charge >= 0.3 is 0 Å². The molecule has 2 nitrogen and oxygen atoms in total. The number of carbonyl (C=O) groups is 1. The minimum absolute atomic E-state index is 0.210. The monoisotopic (exact) mass is 245 g/mol. The van der Waals surface area contributed by atoms with Gasteiger partial charge in [-0.25, -0.2) is 4.98 Å². The lowest BCUT2D eigenvalue weighted by Gasteiger charge is -2.05. The van der Waals surface area contributed by atoms with Crippen molar-refractivity contribution in [2.45, 2.75) is 26.7 Å². The molecular weight excluding hydrogens is 230 g/mol. The number of hydrogen-bond donors (Lipinski definition) is 0. The Morgan fingerprint density at radius 1 is 1.35 bits per heavy atom. The molecule has 1 aromatic carbocycles. The Balaban J connectivity index is 2.07. The first kappa shape index (κ1) is 12.0. The Bertz CT molecular complexity index is 517. The fourth-order valence-electron chi connectivity index (χ4n) is 1.77. The van der Waals surface area contributed by atoms with Gasteiger partial charge in [0.1, 0.15) is 0 Å². The summed E-state index contributed by atoms with van der Waals surface area (Å²) in [5.41, 5.74) is 3.04. The number of benzene rings is 1. The molecule has 0 aliphatic carbocycles. The third kappa shape index (κ3) is 3.01. The highest BCUT2D eigenvalue weighted by molar-refractivity contribution is 7.09. The number of aromatic nitrogens is 1. The topological polar surface area (TPSA) is 30.0 Å². The van der Waals surface area contributed by atoms with E-state index in [0.29, 0.717) is 6.42 Å². The van der Waals surface area contributed by atoms with Crippen LogP contribution in [0.15, 0.2) is 29.8 Å². The maximum absolute atomic E-state index is 12.1. The normalized spacial score (nSPS) is 10.5. The lowest BCUT2D eigenvalue weighted by atomic mass is 9.99. The number of Topliss-reactive ketones (excluding diaryl/α,β-unsaturated/α-hetero) is 1. The summed E-state index contributed by atoms with van der Waals surface area (Å²) in [7, 11) is 0. The van der Waals surface area contributed by atoms with Crippen LogP contribution in [0, 0.1) is 13.8 Å². The number of nitrogens with zero attached hydrogens (tertiary/aromatic N) is 1. The van der Waals surface area contributed by atoms with Crippen molar-refractivity contribution in [3.8, 4) is 0 Å². The first-order chi connectivity index (χ1) is 8.16. The molecular formula is C14H15NOS. The van der Waals surface area contributed by atoms with Crippen molar-refractivity contribution in [1.29, 1.82) is 0 Å². The van der Waals surface area contributed by atoms with Gasteiger partial charge in [-0.15, -0.1) is 11.3 Å². The molecule has 0 saturated carbocycles. The van der Waals surface area contributed by atoms with Gasteiger partial charge in [0, 0.05) is 30.0 Å². The van der Waals surface area contributed by atoms with E-state index in [2.05, 4.69) is 4.98 Å². The summed E-state index contributed by atoms with van der Waals surface area (Å²) in [5, 5.41) is 2.97. The molecule has 2 aromatic rings. The Morgan fingerprint density at radius 2 is 2.18 bits per heavy atom. The van der Waals surface area contributed by atoms with Gasteiger partial charge in [-0.2, -0.15) is 0 Å². The van der Waals surface area contributed by atoms with Crippen LogP contribution in [0.25, 0.3) is 0 Å². The Kier molecular flexibility index (Phi) is 3.69. The molecule has 1 heterocycles. The zero-order chi connectivity index (χ0) is 12.3. The summed E-state index contributed by atoms with van der Waals surface area (Å²) < 4.78 is 0. The van der Waals surface area contributed by atoms with Crippen LogP contribution < -0.4 is 0 Å². The highest BCUT2D eigenvalue weighted by Crippen LogP contribution is 2.15. The van der Waals surface area contributed by atoms with Crippen molar-refractivity contribution in [2.24, 2.45) is 0 Å². The van der Waals surface area contributed by atoms with Crippen LogP contribution in [-0.4, -0.2) is 10.8 Å². The smallest absolute Gasteiger partial charge is 0.163 e. The summed E-state index contributed by atoms with van der Waals surface area (Å²) in [6.45, 7) is 3.99. The predicted octanol–water partition coefficient (Wildman–Crippen LogP) is 3.58. The molecule has 3 heteroatoms. The SMILES string of the molecule is Cc1ccc(C)c(C(=O)CCc2nccs2)c1. The van der Waals surface area contributed by atoms with Crippen LogP contribution in [0.5, 0.6) is 0 Å². The second-order valence-electron chi connectivity index (χ2n) is 4.17. The number of aryl methyl sites for hydroxylation is 3. The van der Waals surface area contributed by atoms with Gasteiger partial charge in [-0.1, -0.05) is 17.7 Å². The van der Waals surface area contributed by atoms with Crippen LogP contribution in [0.1, 0.15) is 32.9 Å². The number of rotatable bonds is 4. The largest absolute Gasteiger partial charge is 0.294 e. The van der Waals surface area contributed by atoms with Gasteiger partial charge in [0.2, 0.25) is 0 Å². The first-order valence-electron chi connectivity index (χ1n) is 5.65. The summed E-state index contributed by atoms with van der Waals surface area (Å²) in [5.74, 6) is 0.210. The van der Waals surface area contributed by atoms with Crippen LogP contribution in [-0.2, 0) is 6.42 Å². The third-order valence-electron chi connectivity index (χ3n) is 2.74. The van der Waals surface area contributed by atoms with Crippen molar-refractivity contribution in [3.05, 3.63) is 51.5 Å². The van der Waals surface area contributed by atoms with Gasteiger partial charge < -0.3 is 0 Å². The average molecular weight is 245 g/mol. The van der Waals surface area contributed by atoms with Crippen molar-refractivity contribution in [2.75, 3.05) is 0 Å². The molecule has 88 valence electrons. The summed E-state index contributed by atoms with van der Waals surface area (Å²) >= 11 is 1.60. The lowest BCUT2D eigenvalue weighted by molar-refractivity contribution is 0.0982. The average Bonchev–Trinajstić information content (AvgIpc) is 2.82.